The summed E-state index contributed by atoms with van der Waals surface area (Å²) >= 11 is 0. The van der Waals surface area contributed by atoms with Gasteiger partial charge in [0.25, 0.3) is 0 Å². The molecule has 1 aliphatic rings. The van der Waals surface area contributed by atoms with Gasteiger partial charge in [0.1, 0.15) is 5.69 Å². The number of hydrogen-bond donors (Lipinski definition) is 0. The minimum atomic E-state index is -4.45. The van der Waals surface area contributed by atoms with Crippen molar-refractivity contribution >= 4 is 16.5 Å². The molecule has 1 aliphatic heterocycles. The van der Waals surface area contributed by atoms with Crippen molar-refractivity contribution in [3.63, 3.8) is 0 Å². The zero-order chi connectivity index (χ0) is 18.3. The number of nitrogens with zero attached hydrogens (tertiary/aromatic N) is 3. The molecule has 3 nitrogen and oxygen atoms in total. The van der Waals surface area contributed by atoms with Crippen molar-refractivity contribution in [3.8, 4) is 5.69 Å². The molecule has 2 aromatic carbocycles. The van der Waals surface area contributed by atoms with Crippen molar-refractivity contribution in [2.75, 3.05) is 13.6 Å². The number of alkyl halides is 3. The summed E-state index contributed by atoms with van der Waals surface area (Å²) in [7, 11) is 1.96. The fourth-order valence-electron chi connectivity index (χ4n) is 3.12. The van der Waals surface area contributed by atoms with Gasteiger partial charge in [0, 0.05) is 24.6 Å². The third-order valence-electron chi connectivity index (χ3n) is 4.41. The molecule has 4 rings (SSSR count). The summed E-state index contributed by atoms with van der Waals surface area (Å²) in [4.78, 5) is 2.02. The molecule has 2 heterocycles. The number of hydrogen-bond acceptors (Lipinski definition) is 2. The molecule has 132 valence electrons. The number of benzene rings is 2. The van der Waals surface area contributed by atoms with Crippen LogP contribution in [0.3, 0.4) is 0 Å². The molecule has 0 atom stereocenters. The van der Waals surface area contributed by atoms with E-state index in [-0.39, 0.29) is 5.69 Å². The molecule has 0 aliphatic carbocycles. The Morgan fingerprint density at radius 2 is 1.73 bits per heavy atom. The second-order valence-electron chi connectivity index (χ2n) is 6.21. The van der Waals surface area contributed by atoms with E-state index in [0.717, 1.165) is 23.6 Å². The first kappa shape index (κ1) is 16.4. The summed E-state index contributed by atoms with van der Waals surface area (Å²) in [6.45, 7) is 0.728. The molecule has 0 radical (unpaired) electrons. The Labute approximate surface area is 148 Å². The fourth-order valence-corrected chi connectivity index (χ4v) is 3.12. The van der Waals surface area contributed by atoms with Crippen molar-refractivity contribution in [2.45, 2.75) is 6.18 Å². The van der Waals surface area contributed by atoms with E-state index in [1.54, 1.807) is 18.2 Å². The highest BCUT2D eigenvalue weighted by Gasteiger charge is 2.34. The summed E-state index contributed by atoms with van der Waals surface area (Å²) in [5, 5.41) is 5.39. The van der Waals surface area contributed by atoms with Gasteiger partial charge in [0.2, 0.25) is 0 Å². The molecule has 3 aromatic rings. The third-order valence-corrected chi connectivity index (χ3v) is 4.41. The summed E-state index contributed by atoms with van der Waals surface area (Å²) in [6, 6.07) is 12.9. The van der Waals surface area contributed by atoms with Gasteiger partial charge < -0.3 is 4.90 Å². The van der Waals surface area contributed by atoms with E-state index in [4.69, 9.17) is 0 Å². The Bertz CT molecular complexity index is 1030. The first-order valence-electron chi connectivity index (χ1n) is 8.18. The lowest BCUT2D eigenvalue weighted by atomic mass is 10.1. The molecule has 26 heavy (non-hydrogen) atoms. The molecular formula is C20H16F3N3. The zero-order valence-electron chi connectivity index (χ0n) is 14.0. The molecule has 0 spiro atoms. The van der Waals surface area contributed by atoms with Gasteiger partial charge in [-0.25, -0.2) is 4.68 Å². The van der Waals surface area contributed by atoms with Gasteiger partial charge in [-0.2, -0.15) is 18.3 Å². The predicted molar refractivity (Wildman–Crippen MR) is 95.8 cm³/mol. The molecule has 0 bridgehead atoms. The van der Waals surface area contributed by atoms with Crippen LogP contribution < -0.4 is 0 Å². The maximum Gasteiger partial charge on any atom is 0.418 e. The minimum absolute atomic E-state index is 0.0277. The molecule has 0 saturated heterocycles. The van der Waals surface area contributed by atoms with Crippen LogP contribution in [0.4, 0.5) is 13.2 Å². The monoisotopic (exact) mass is 355 g/mol. The Morgan fingerprint density at radius 1 is 1.00 bits per heavy atom. The van der Waals surface area contributed by atoms with Crippen molar-refractivity contribution in [1.82, 2.24) is 14.7 Å². The number of likely N-dealkylation sites (N-methyl/N-ethyl adjacent to an activating group) is 1. The largest absolute Gasteiger partial charge is 0.418 e. The second kappa shape index (κ2) is 6.05. The van der Waals surface area contributed by atoms with E-state index in [1.165, 1.54) is 16.8 Å². The quantitative estimate of drug-likeness (QED) is 0.653. The average molecular weight is 355 g/mol. The SMILES string of the molecule is CN1C=CC(c2nn(-c3ccccc3C(F)(F)F)c3ccccc23)=CC1. The number of halogens is 3. The summed E-state index contributed by atoms with van der Waals surface area (Å²) in [5.41, 5.74) is 1.56. The van der Waals surface area contributed by atoms with E-state index in [9.17, 15) is 13.2 Å². The molecule has 0 amide bonds. The van der Waals surface area contributed by atoms with Gasteiger partial charge in [0.15, 0.2) is 0 Å². The number of para-hydroxylation sites is 2. The fraction of sp³-hybridized carbons (Fsp3) is 0.150. The molecule has 0 unspecified atom stereocenters. The number of aromatic nitrogens is 2. The van der Waals surface area contributed by atoms with Crippen molar-refractivity contribution < 1.29 is 13.2 Å². The first-order chi connectivity index (χ1) is 12.4. The first-order valence-corrected chi connectivity index (χ1v) is 8.18. The lowest BCUT2D eigenvalue weighted by molar-refractivity contribution is -0.137. The lowest BCUT2D eigenvalue weighted by Gasteiger charge is -2.16. The zero-order valence-corrected chi connectivity index (χ0v) is 14.0. The van der Waals surface area contributed by atoms with Crippen LogP contribution >= 0.6 is 0 Å². The number of rotatable bonds is 2. The van der Waals surface area contributed by atoms with Crippen LogP contribution in [0, 0.1) is 0 Å². The summed E-state index contributed by atoms with van der Waals surface area (Å²) < 4.78 is 41.8. The van der Waals surface area contributed by atoms with E-state index < -0.39 is 11.7 Å². The Morgan fingerprint density at radius 3 is 2.46 bits per heavy atom. The van der Waals surface area contributed by atoms with E-state index >= 15 is 0 Å². The second-order valence-corrected chi connectivity index (χ2v) is 6.21. The number of fused-ring (bicyclic) bond motifs is 1. The van der Waals surface area contributed by atoms with Crippen LogP contribution in [0.25, 0.3) is 22.2 Å². The summed E-state index contributed by atoms with van der Waals surface area (Å²) in [5.74, 6) is 0. The molecule has 1 aromatic heterocycles. The van der Waals surface area contributed by atoms with Crippen LogP contribution in [-0.2, 0) is 6.18 Å². The molecule has 0 saturated carbocycles. The van der Waals surface area contributed by atoms with Crippen molar-refractivity contribution in [2.24, 2.45) is 0 Å². The van der Waals surface area contributed by atoms with Crippen LogP contribution in [0.15, 0.2) is 66.9 Å². The third kappa shape index (κ3) is 2.77. The van der Waals surface area contributed by atoms with E-state index in [0.29, 0.717) is 11.2 Å². The van der Waals surface area contributed by atoms with Gasteiger partial charge in [0.05, 0.1) is 16.8 Å². The Hall–Kier alpha value is -3.02. The highest BCUT2D eigenvalue weighted by atomic mass is 19.4. The molecular weight excluding hydrogens is 339 g/mol. The van der Waals surface area contributed by atoms with E-state index in [2.05, 4.69) is 5.10 Å². The topological polar surface area (TPSA) is 21.1 Å². The maximum atomic E-state index is 13.5. The Kier molecular flexibility index (Phi) is 3.83. The summed E-state index contributed by atoms with van der Waals surface area (Å²) in [6.07, 6.45) is 1.44. The molecule has 0 N–H and O–H groups in total. The van der Waals surface area contributed by atoms with E-state index in [1.807, 2.05) is 42.4 Å². The number of allylic oxidation sites excluding steroid dienone is 2. The molecule has 6 heteroatoms. The van der Waals surface area contributed by atoms with Crippen molar-refractivity contribution in [1.29, 1.82) is 0 Å². The van der Waals surface area contributed by atoms with Crippen molar-refractivity contribution in [3.05, 3.63) is 78.1 Å². The maximum absolute atomic E-state index is 13.5. The predicted octanol–water partition coefficient (Wildman–Crippen LogP) is 4.89. The smallest absolute Gasteiger partial charge is 0.377 e. The van der Waals surface area contributed by atoms with Crippen LogP contribution in [0.2, 0.25) is 0 Å². The lowest BCUT2D eigenvalue weighted by Crippen LogP contribution is -2.13. The minimum Gasteiger partial charge on any atom is -0.377 e. The van der Waals surface area contributed by atoms with Crippen LogP contribution in [-0.4, -0.2) is 28.3 Å². The average Bonchev–Trinajstić information content (AvgIpc) is 3.01. The normalized spacial score (nSPS) is 14.8. The standard InChI is InChI=1S/C20H16F3N3/c1-25-12-10-14(11-13-25)19-15-6-2-4-8-17(15)26(24-19)18-9-5-3-7-16(18)20(21,22)23/h2-12H,13H2,1H3. The molecule has 0 fully saturated rings. The highest BCUT2D eigenvalue weighted by molar-refractivity contribution is 5.94. The van der Waals surface area contributed by atoms with Gasteiger partial charge in [-0.1, -0.05) is 36.4 Å². The Balaban J connectivity index is 1.95. The van der Waals surface area contributed by atoms with Gasteiger partial charge in [-0.05, 0) is 30.5 Å². The van der Waals surface area contributed by atoms with Crippen LogP contribution in [0.1, 0.15) is 11.3 Å². The van der Waals surface area contributed by atoms with Crippen LogP contribution in [0.5, 0.6) is 0 Å². The van der Waals surface area contributed by atoms with Gasteiger partial charge >= 0.3 is 6.18 Å². The van der Waals surface area contributed by atoms with Gasteiger partial charge in [-0.3, -0.25) is 0 Å². The highest BCUT2D eigenvalue weighted by Crippen LogP contribution is 2.36. The van der Waals surface area contributed by atoms with Gasteiger partial charge in [-0.15, -0.1) is 0 Å².